The number of halogens is 2. The molecule has 2 aliphatic heterocycles. The van der Waals surface area contributed by atoms with E-state index < -0.39 is 5.82 Å². The van der Waals surface area contributed by atoms with Gasteiger partial charge in [0.1, 0.15) is 17.1 Å². The van der Waals surface area contributed by atoms with E-state index in [4.69, 9.17) is 25.7 Å². The number of benzene rings is 3. The van der Waals surface area contributed by atoms with Crippen LogP contribution in [0.2, 0.25) is 5.02 Å². The summed E-state index contributed by atoms with van der Waals surface area (Å²) >= 11 is 7.83. The van der Waals surface area contributed by atoms with E-state index in [2.05, 4.69) is 0 Å². The average Bonchev–Trinajstić information content (AvgIpc) is 2.97. The molecule has 0 unspecified atom stereocenters. The number of para-hydroxylation sites is 1. The molecule has 7 heteroatoms. The molecule has 3 aromatic carbocycles. The molecule has 0 saturated carbocycles. The first-order chi connectivity index (χ1) is 15.6. The minimum absolute atomic E-state index is 0.222. The second kappa shape index (κ2) is 7.50. The van der Waals surface area contributed by atoms with Gasteiger partial charge in [0.2, 0.25) is 0 Å². The third kappa shape index (κ3) is 3.14. The number of thioether (sulfide) groups is 1. The van der Waals surface area contributed by atoms with E-state index in [1.807, 2.05) is 36.4 Å². The van der Waals surface area contributed by atoms with Crippen LogP contribution in [0, 0.1) is 11.7 Å². The van der Waals surface area contributed by atoms with Gasteiger partial charge in [-0.1, -0.05) is 23.7 Å². The van der Waals surface area contributed by atoms with Crippen molar-refractivity contribution < 1.29 is 13.5 Å². The van der Waals surface area contributed by atoms with Crippen LogP contribution >= 0.6 is 23.4 Å². The van der Waals surface area contributed by atoms with Crippen LogP contribution < -0.4 is 10.2 Å². The van der Waals surface area contributed by atoms with E-state index in [-0.39, 0.29) is 22.0 Å². The van der Waals surface area contributed by atoms with E-state index in [9.17, 15) is 9.18 Å². The molecule has 4 nitrogen and oxygen atoms in total. The van der Waals surface area contributed by atoms with Crippen LogP contribution in [-0.2, 0) is 0 Å². The fraction of sp³-hybridized carbons (Fsp3) is 0.120. The highest BCUT2D eigenvalue weighted by atomic mass is 35.5. The molecular formula is C25H15ClFNO3S. The molecule has 0 N–H and O–H groups in total. The fourth-order valence-electron chi connectivity index (χ4n) is 4.25. The molecule has 6 rings (SSSR count). The maximum atomic E-state index is 13.9. The minimum Gasteiger partial charge on any atom is -0.492 e. The van der Waals surface area contributed by atoms with Gasteiger partial charge in [-0.15, -0.1) is 11.8 Å². The summed E-state index contributed by atoms with van der Waals surface area (Å²) in [6.45, 7) is 0.347. The van der Waals surface area contributed by atoms with Gasteiger partial charge in [0.05, 0.1) is 40.8 Å². The lowest BCUT2D eigenvalue weighted by atomic mass is 9.88. The van der Waals surface area contributed by atoms with Crippen molar-refractivity contribution in [3.63, 3.8) is 0 Å². The van der Waals surface area contributed by atoms with Gasteiger partial charge in [-0.05, 0) is 48.5 Å². The monoisotopic (exact) mass is 463 g/mol. The molecule has 2 atom stereocenters. The first kappa shape index (κ1) is 19.6. The second-order valence-corrected chi connectivity index (χ2v) is 9.34. The Morgan fingerprint density at radius 1 is 1.09 bits per heavy atom. The SMILES string of the molecule is O=c1c([C@@H]2Sc3ccccc3N=C3c4cc(Cl)ccc4OC[C@@H]32)coc2ccc(F)cc12. The normalized spacial score (nSPS) is 19.2. The van der Waals surface area contributed by atoms with Crippen LogP contribution in [0.3, 0.4) is 0 Å². The largest absolute Gasteiger partial charge is 0.492 e. The lowest BCUT2D eigenvalue weighted by Crippen LogP contribution is -2.33. The molecule has 2 aliphatic rings. The maximum absolute atomic E-state index is 13.9. The fourth-order valence-corrected chi connectivity index (χ4v) is 5.75. The topological polar surface area (TPSA) is 51.8 Å². The van der Waals surface area contributed by atoms with Crippen molar-refractivity contribution in [3.05, 3.63) is 99.1 Å². The Labute approximate surface area is 191 Å². The molecule has 0 spiro atoms. The summed E-state index contributed by atoms with van der Waals surface area (Å²) in [6.07, 6.45) is 1.49. The highest BCUT2D eigenvalue weighted by Gasteiger charge is 2.39. The third-order valence-corrected chi connectivity index (χ3v) is 7.45. The molecule has 3 heterocycles. The molecule has 32 heavy (non-hydrogen) atoms. The van der Waals surface area contributed by atoms with Gasteiger partial charge >= 0.3 is 0 Å². The van der Waals surface area contributed by atoms with E-state index in [0.717, 1.165) is 21.9 Å². The predicted molar refractivity (Wildman–Crippen MR) is 124 cm³/mol. The lowest BCUT2D eigenvalue weighted by Gasteiger charge is -2.31. The Balaban J connectivity index is 1.59. The molecule has 0 amide bonds. The Hall–Kier alpha value is -3.09. The van der Waals surface area contributed by atoms with Gasteiger partial charge in [0, 0.05) is 21.0 Å². The lowest BCUT2D eigenvalue weighted by molar-refractivity contribution is 0.271. The minimum atomic E-state index is -0.479. The Morgan fingerprint density at radius 2 is 1.97 bits per heavy atom. The van der Waals surface area contributed by atoms with Gasteiger partial charge in [-0.3, -0.25) is 9.79 Å². The van der Waals surface area contributed by atoms with Crippen LogP contribution in [-0.4, -0.2) is 12.3 Å². The Bertz CT molecular complexity index is 1480. The third-order valence-electron chi connectivity index (χ3n) is 5.78. The van der Waals surface area contributed by atoms with E-state index in [1.165, 1.54) is 24.5 Å². The van der Waals surface area contributed by atoms with E-state index in [1.54, 1.807) is 17.8 Å². The molecule has 0 saturated heterocycles. The van der Waals surface area contributed by atoms with Crippen LogP contribution in [0.1, 0.15) is 16.4 Å². The maximum Gasteiger partial charge on any atom is 0.197 e. The van der Waals surface area contributed by atoms with Gasteiger partial charge in [0.15, 0.2) is 5.43 Å². The van der Waals surface area contributed by atoms with Crippen molar-refractivity contribution in [1.82, 2.24) is 0 Å². The van der Waals surface area contributed by atoms with Crippen molar-refractivity contribution in [2.45, 2.75) is 10.1 Å². The summed E-state index contributed by atoms with van der Waals surface area (Å²) in [6, 6.07) is 17.2. The molecule has 158 valence electrons. The first-order valence-corrected chi connectivity index (χ1v) is 11.3. The number of fused-ring (bicyclic) bond motifs is 5. The van der Waals surface area contributed by atoms with Crippen molar-refractivity contribution in [1.29, 1.82) is 0 Å². The number of hydrogen-bond donors (Lipinski definition) is 0. The standard InChI is InChI=1S/C25H15ClFNO3S/c26-13-5-7-20-15(9-13)23-17(11-30-20)25(32-22-4-2-1-3-19(22)28-23)18-12-31-21-8-6-14(27)10-16(21)24(18)29/h1-10,12,17,25H,11H2/t17-,25+/m0/s1. The zero-order valence-corrected chi connectivity index (χ0v) is 18.1. The van der Waals surface area contributed by atoms with Crippen LogP contribution in [0.4, 0.5) is 10.1 Å². The smallest absolute Gasteiger partial charge is 0.197 e. The van der Waals surface area contributed by atoms with Gasteiger partial charge in [-0.2, -0.15) is 0 Å². The molecule has 0 bridgehead atoms. The molecule has 0 radical (unpaired) electrons. The highest BCUT2D eigenvalue weighted by molar-refractivity contribution is 7.99. The van der Waals surface area contributed by atoms with Crippen LogP contribution in [0.25, 0.3) is 11.0 Å². The van der Waals surface area contributed by atoms with E-state index in [0.29, 0.717) is 28.5 Å². The van der Waals surface area contributed by atoms with Crippen LogP contribution in [0.5, 0.6) is 5.75 Å². The summed E-state index contributed by atoms with van der Waals surface area (Å²) in [7, 11) is 0. The Kier molecular flexibility index (Phi) is 4.59. The number of rotatable bonds is 1. The number of nitrogens with zero attached hydrogens (tertiary/aromatic N) is 1. The molecule has 4 aromatic rings. The zero-order valence-electron chi connectivity index (χ0n) is 16.5. The average molecular weight is 464 g/mol. The van der Waals surface area contributed by atoms with Gasteiger partial charge in [0.25, 0.3) is 0 Å². The summed E-state index contributed by atoms with van der Waals surface area (Å²) < 4.78 is 25.7. The Morgan fingerprint density at radius 3 is 2.88 bits per heavy atom. The highest BCUT2D eigenvalue weighted by Crippen LogP contribution is 2.50. The van der Waals surface area contributed by atoms with Crippen LogP contribution in [0.15, 0.2) is 86.0 Å². The van der Waals surface area contributed by atoms with Crippen molar-refractivity contribution in [2.75, 3.05) is 6.61 Å². The first-order valence-electron chi connectivity index (χ1n) is 10.1. The van der Waals surface area contributed by atoms with Gasteiger partial charge in [-0.25, -0.2) is 4.39 Å². The summed E-state index contributed by atoms with van der Waals surface area (Å²) in [5.41, 5.74) is 3.01. The quantitative estimate of drug-likeness (QED) is 0.320. The second-order valence-electron chi connectivity index (χ2n) is 7.72. The molecule has 1 aromatic heterocycles. The van der Waals surface area contributed by atoms with Crippen molar-refractivity contribution in [3.8, 4) is 5.75 Å². The summed E-state index contributed by atoms with van der Waals surface area (Å²) in [5, 5.41) is 0.464. The molecule has 0 aliphatic carbocycles. The van der Waals surface area contributed by atoms with Crippen molar-refractivity contribution >= 4 is 45.7 Å². The number of ether oxygens (including phenoxy) is 1. The predicted octanol–water partition coefficient (Wildman–Crippen LogP) is 6.56. The van der Waals surface area contributed by atoms with E-state index >= 15 is 0 Å². The zero-order chi connectivity index (χ0) is 21.8. The van der Waals surface area contributed by atoms with Gasteiger partial charge < -0.3 is 9.15 Å². The summed E-state index contributed by atoms with van der Waals surface area (Å²) in [4.78, 5) is 19.4. The molecule has 0 fully saturated rings. The number of hydrogen-bond acceptors (Lipinski definition) is 5. The number of aliphatic imine (C=N–C) groups is 1. The summed E-state index contributed by atoms with van der Waals surface area (Å²) in [5.74, 6) is 0.0000551. The van der Waals surface area contributed by atoms with Crippen molar-refractivity contribution in [2.24, 2.45) is 10.9 Å². The molecular weight excluding hydrogens is 449 g/mol.